The van der Waals surface area contributed by atoms with Crippen LogP contribution in [-0.2, 0) is 16.1 Å². The third-order valence-corrected chi connectivity index (χ3v) is 3.69. The minimum atomic E-state index is -0.582. The van der Waals surface area contributed by atoms with Crippen molar-refractivity contribution in [1.29, 1.82) is 0 Å². The fourth-order valence-electron chi connectivity index (χ4n) is 2.44. The molecule has 3 rings (SSSR count). The Morgan fingerprint density at radius 1 is 1.19 bits per heavy atom. The maximum atomic E-state index is 11.9. The molecule has 0 amide bonds. The summed E-state index contributed by atoms with van der Waals surface area (Å²) in [5.41, 5.74) is 0.943. The molecule has 0 aliphatic heterocycles. The molecule has 0 saturated carbocycles. The number of fused-ring (bicyclic) bond motifs is 1. The van der Waals surface area contributed by atoms with Crippen LogP contribution in [0.4, 0.5) is 0 Å². The number of benzene rings is 2. The van der Waals surface area contributed by atoms with Gasteiger partial charge in [-0.05, 0) is 35.9 Å². The molecule has 6 heteroatoms. The zero-order valence-electron chi connectivity index (χ0n) is 14.0. The van der Waals surface area contributed by atoms with Crippen molar-refractivity contribution >= 4 is 23.0 Å². The fourth-order valence-corrected chi connectivity index (χ4v) is 2.44. The first-order valence-corrected chi connectivity index (χ1v) is 7.80. The van der Waals surface area contributed by atoms with Gasteiger partial charge >= 0.3 is 11.6 Å². The summed E-state index contributed by atoms with van der Waals surface area (Å²) in [6.45, 7) is -0.0891. The molecule has 0 aliphatic rings. The van der Waals surface area contributed by atoms with Crippen molar-refractivity contribution in [1.82, 2.24) is 0 Å². The monoisotopic (exact) mass is 352 g/mol. The van der Waals surface area contributed by atoms with Gasteiger partial charge in [0.15, 0.2) is 0 Å². The smallest absolute Gasteiger partial charge is 0.336 e. The van der Waals surface area contributed by atoms with Crippen LogP contribution in [0.25, 0.3) is 17.0 Å². The van der Waals surface area contributed by atoms with E-state index >= 15 is 0 Å². The maximum Gasteiger partial charge on any atom is 0.336 e. The van der Waals surface area contributed by atoms with Gasteiger partial charge in [0, 0.05) is 29.2 Å². The average molecular weight is 352 g/mol. The Kier molecular flexibility index (Phi) is 5.03. The van der Waals surface area contributed by atoms with E-state index in [9.17, 15) is 14.7 Å². The van der Waals surface area contributed by atoms with Crippen molar-refractivity contribution in [3.05, 3.63) is 76.2 Å². The molecule has 26 heavy (non-hydrogen) atoms. The minimum Gasteiger partial charge on any atom is -0.508 e. The van der Waals surface area contributed by atoms with Crippen molar-refractivity contribution in [2.24, 2.45) is 0 Å². The molecule has 0 aliphatic carbocycles. The number of carbonyl (C=O) groups is 1. The first-order chi connectivity index (χ1) is 12.5. The predicted octanol–water partition coefficient (Wildman–Crippen LogP) is 3.26. The molecule has 0 spiro atoms. The third-order valence-electron chi connectivity index (χ3n) is 3.69. The zero-order valence-corrected chi connectivity index (χ0v) is 14.0. The van der Waals surface area contributed by atoms with Crippen molar-refractivity contribution in [3.63, 3.8) is 0 Å². The van der Waals surface area contributed by atoms with E-state index in [1.165, 1.54) is 24.3 Å². The summed E-state index contributed by atoms with van der Waals surface area (Å²) >= 11 is 0. The number of ether oxygens (including phenoxy) is 2. The summed E-state index contributed by atoms with van der Waals surface area (Å²) in [7, 11) is 1.57. The summed E-state index contributed by atoms with van der Waals surface area (Å²) in [6.07, 6.45) is 2.91. The lowest BCUT2D eigenvalue weighted by Gasteiger charge is -2.06. The van der Waals surface area contributed by atoms with Crippen LogP contribution in [0.3, 0.4) is 0 Å². The van der Waals surface area contributed by atoms with Crippen LogP contribution >= 0.6 is 0 Å². The Hall–Kier alpha value is -3.54. The minimum absolute atomic E-state index is 0.0176. The number of hydrogen-bond donors (Lipinski definition) is 1. The van der Waals surface area contributed by atoms with Crippen LogP contribution in [0.5, 0.6) is 11.5 Å². The van der Waals surface area contributed by atoms with E-state index in [4.69, 9.17) is 13.9 Å². The molecule has 3 aromatic rings. The van der Waals surface area contributed by atoms with E-state index in [2.05, 4.69) is 0 Å². The van der Waals surface area contributed by atoms with Crippen LogP contribution in [0.15, 0.2) is 63.8 Å². The van der Waals surface area contributed by atoms with E-state index in [1.54, 1.807) is 31.4 Å². The molecule has 1 aromatic heterocycles. The molecule has 0 fully saturated rings. The Labute approximate surface area is 148 Å². The SMILES string of the molecule is COc1cccc(/C=C/C(=O)OCc2cc(=O)oc3cc(O)ccc23)c1. The van der Waals surface area contributed by atoms with Gasteiger partial charge in [-0.25, -0.2) is 9.59 Å². The number of methoxy groups -OCH3 is 1. The number of aromatic hydroxyl groups is 1. The molecule has 0 radical (unpaired) electrons. The number of carbonyl (C=O) groups excluding carboxylic acids is 1. The maximum absolute atomic E-state index is 11.9. The molecule has 6 nitrogen and oxygen atoms in total. The molecule has 132 valence electrons. The summed E-state index contributed by atoms with van der Waals surface area (Å²) in [5.74, 6) is 0.121. The third kappa shape index (κ3) is 4.10. The highest BCUT2D eigenvalue weighted by atomic mass is 16.5. The highest BCUT2D eigenvalue weighted by Gasteiger charge is 2.08. The fraction of sp³-hybridized carbons (Fsp3) is 0.100. The van der Waals surface area contributed by atoms with Gasteiger partial charge in [0.1, 0.15) is 23.7 Å². The molecule has 2 aromatic carbocycles. The van der Waals surface area contributed by atoms with E-state index in [0.717, 1.165) is 5.56 Å². The molecule has 0 saturated heterocycles. The Balaban J connectivity index is 1.72. The quantitative estimate of drug-likeness (QED) is 0.431. The van der Waals surface area contributed by atoms with Gasteiger partial charge in [-0.15, -0.1) is 0 Å². The summed E-state index contributed by atoms with van der Waals surface area (Å²) in [5, 5.41) is 10.1. The van der Waals surface area contributed by atoms with Gasteiger partial charge in [0.2, 0.25) is 0 Å². The highest BCUT2D eigenvalue weighted by molar-refractivity contribution is 5.87. The van der Waals surface area contributed by atoms with E-state index in [0.29, 0.717) is 16.7 Å². The van der Waals surface area contributed by atoms with Crippen molar-refractivity contribution in [2.75, 3.05) is 7.11 Å². The number of hydrogen-bond acceptors (Lipinski definition) is 6. The van der Waals surface area contributed by atoms with Crippen LogP contribution in [0.2, 0.25) is 0 Å². The molecule has 1 heterocycles. The number of esters is 1. The number of phenolic OH excluding ortho intramolecular Hbond substituents is 1. The van der Waals surface area contributed by atoms with Crippen LogP contribution in [-0.4, -0.2) is 18.2 Å². The molecule has 0 bridgehead atoms. The van der Waals surface area contributed by atoms with E-state index < -0.39 is 11.6 Å². The van der Waals surface area contributed by atoms with Gasteiger partial charge in [-0.1, -0.05) is 12.1 Å². The first kappa shape index (κ1) is 17.3. The largest absolute Gasteiger partial charge is 0.508 e. The van der Waals surface area contributed by atoms with Gasteiger partial charge in [-0.3, -0.25) is 0 Å². The lowest BCUT2D eigenvalue weighted by molar-refractivity contribution is -0.138. The molecule has 0 unspecified atom stereocenters. The zero-order chi connectivity index (χ0) is 18.5. The summed E-state index contributed by atoms with van der Waals surface area (Å²) in [6, 6.07) is 12.9. The summed E-state index contributed by atoms with van der Waals surface area (Å²) < 4.78 is 15.4. The standard InChI is InChI=1S/C20H16O6/c1-24-16-4-2-3-13(9-16)5-8-19(22)25-12-14-10-20(23)26-18-11-15(21)6-7-17(14)18/h2-11,21H,12H2,1H3/b8-5+. The molecular formula is C20H16O6. The van der Waals surface area contributed by atoms with Crippen LogP contribution < -0.4 is 10.4 Å². The van der Waals surface area contributed by atoms with Gasteiger partial charge in [-0.2, -0.15) is 0 Å². The number of rotatable bonds is 5. The van der Waals surface area contributed by atoms with Crippen LogP contribution in [0, 0.1) is 0 Å². The molecular weight excluding hydrogens is 336 g/mol. The highest BCUT2D eigenvalue weighted by Crippen LogP contribution is 2.22. The van der Waals surface area contributed by atoms with Gasteiger partial charge in [0.05, 0.1) is 7.11 Å². The van der Waals surface area contributed by atoms with E-state index in [1.807, 2.05) is 12.1 Å². The second-order valence-electron chi connectivity index (χ2n) is 5.49. The molecule has 0 atom stereocenters. The Morgan fingerprint density at radius 2 is 2.04 bits per heavy atom. The van der Waals surface area contributed by atoms with Crippen molar-refractivity contribution in [2.45, 2.75) is 6.61 Å². The van der Waals surface area contributed by atoms with Crippen LogP contribution in [0.1, 0.15) is 11.1 Å². The first-order valence-electron chi connectivity index (χ1n) is 7.80. The van der Waals surface area contributed by atoms with Crippen molar-refractivity contribution < 1.29 is 23.8 Å². The molecule has 1 N–H and O–H groups in total. The van der Waals surface area contributed by atoms with E-state index in [-0.39, 0.29) is 17.9 Å². The predicted molar refractivity (Wildman–Crippen MR) is 96.0 cm³/mol. The number of phenols is 1. The Morgan fingerprint density at radius 3 is 2.85 bits per heavy atom. The van der Waals surface area contributed by atoms with Crippen molar-refractivity contribution in [3.8, 4) is 11.5 Å². The lowest BCUT2D eigenvalue weighted by Crippen LogP contribution is -2.05. The Bertz CT molecular complexity index is 1030. The lowest BCUT2D eigenvalue weighted by atomic mass is 10.1. The van der Waals surface area contributed by atoms with Gasteiger partial charge < -0.3 is 19.0 Å². The van der Waals surface area contributed by atoms with Gasteiger partial charge in [0.25, 0.3) is 0 Å². The second kappa shape index (κ2) is 7.57. The normalized spacial score (nSPS) is 11.0. The topological polar surface area (TPSA) is 86.0 Å². The summed E-state index contributed by atoms with van der Waals surface area (Å²) in [4.78, 5) is 23.6. The second-order valence-corrected chi connectivity index (χ2v) is 5.49. The average Bonchev–Trinajstić information content (AvgIpc) is 2.64.